The van der Waals surface area contributed by atoms with E-state index >= 15 is 0 Å². The van der Waals surface area contributed by atoms with Crippen molar-refractivity contribution in [2.45, 2.75) is 127 Å². The number of barbiturate groups is 3. The lowest BCUT2D eigenvalue weighted by molar-refractivity contribution is -0.154. The van der Waals surface area contributed by atoms with Crippen molar-refractivity contribution in [1.82, 2.24) is 31.9 Å². The average Bonchev–Trinajstić information content (AvgIpc) is 0.749. The normalized spacial score (nSPS) is 27.7. The van der Waals surface area contributed by atoms with Gasteiger partial charge < -0.3 is 33.8 Å². The van der Waals surface area contributed by atoms with Crippen LogP contribution in [0.1, 0.15) is 89.3 Å². The van der Waals surface area contributed by atoms with Crippen LogP contribution in [0.4, 0.5) is 44.6 Å². The molecule has 464 valence electrons. The van der Waals surface area contributed by atoms with Crippen LogP contribution in [0.2, 0.25) is 0 Å². The molecule has 9 aliphatic rings. The van der Waals surface area contributed by atoms with Gasteiger partial charge in [-0.1, -0.05) is 23.2 Å². The van der Waals surface area contributed by atoms with Crippen LogP contribution in [-0.4, -0.2) is 163 Å². The summed E-state index contributed by atoms with van der Waals surface area (Å²) >= 11 is 11.4. The van der Waals surface area contributed by atoms with E-state index in [4.69, 9.17) is 44.0 Å². The zero-order valence-corrected chi connectivity index (χ0v) is 49.2. The number of imide groups is 6. The summed E-state index contributed by atoms with van der Waals surface area (Å²) < 4.78 is 56.5. The van der Waals surface area contributed by atoms with E-state index in [-0.39, 0.29) is 67.6 Å². The van der Waals surface area contributed by atoms with E-state index in [0.717, 1.165) is 23.5 Å². The van der Waals surface area contributed by atoms with Crippen molar-refractivity contribution >= 4 is 111 Å². The highest BCUT2D eigenvalue weighted by atomic mass is 35.5. The first kappa shape index (κ1) is 62.7. The first-order valence-corrected chi connectivity index (χ1v) is 28.7. The van der Waals surface area contributed by atoms with Crippen molar-refractivity contribution in [2.75, 3.05) is 40.9 Å². The molecule has 0 aliphatic carbocycles. The molecule has 0 saturated carbocycles. The topological polar surface area (TPSA) is 319 Å². The highest BCUT2D eigenvalue weighted by Crippen LogP contribution is 2.50. The molecule has 6 N–H and O–H groups in total. The minimum atomic E-state index is -5.06. The maximum absolute atomic E-state index is 13.0. The Morgan fingerprint density at radius 1 is 0.534 bits per heavy atom. The van der Waals surface area contributed by atoms with Gasteiger partial charge in [-0.3, -0.25) is 75.1 Å². The fourth-order valence-corrected chi connectivity index (χ4v) is 14.5. The van der Waals surface area contributed by atoms with Gasteiger partial charge in [0, 0.05) is 53.4 Å². The van der Waals surface area contributed by atoms with Crippen molar-refractivity contribution in [1.29, 1.82) is 0 Å². The molecule has 25 nitrogen and oxygen atoms in total. The Hall–Kier alpha value is -8.36. The molecule has 3 aromatic carbocycles. The van der Waals surface area contributed by atoms with Gasteiger partial charge in [0.05, 0.1) is 54.7 Å². The zero-order valence-electron chi connectivity index (χ0n) is 47.7. The van der Waals surface area contributed by atoms with E-state index in [1.807, 2.05) is 30.6 Å². The van der Waals surface area contributed by atoms with E-state index in [9.17, 15) is 70.7 Å². The second-order valence-corrected chi connectivity index (χ2v) is 24.3. The Morgan fingerprint density at radius 2 is 0.830 bits per heavy atom. The van der Waals surface area contributed by atoms with Gasteiger partial charge in [0.1, 0.15) is 0 Å². The number of halogens is 5. The Kier molecular flexibility index (Phi) is 16.4. The lowest BCUT2D eigenvalue weighted by Gasteiger charge is -2.55. The van der Waals surface area contributed by atoms with Crippen molar-refractivity contribution in [3.8, 4) is 0 Å². The number of fused-ring (bicyclic) bond motifs is 12. The number of carbonyl (C=O) groups excluding carboxylic acids is 12. The zero-order chi connectivity index (χ0) is 64.0. The fourth-order valence-electron chi connectivity index (χ4n) is 14.3. The van der Waals surface area contributed by atoms with Gasteiger partial charge in [0.25, 0.3) is 12.3 Å². The number of morpholine rings is 3. The Balaban J connectivity index is 0.000000146. The predicted octanol–water partition coefficient (Wildman–Crippen LogP) is 3.57. The first-order valence-electron chi connectivity index (χ1n) is 27.8. The number of anilines is 3. The number of rotatable bonds is 5. The monoisotopic (exact) mass is 1260 g/mol. The Morgan fingerprint density at radius 3 is 1.14 bits per heavy atom. The Labute approximate surface area is 509 Å². The van der Waals surface area contributed by atoms with Gasteiger partial charge >= 0.3 is 24.3 Å². The molecule has 3 spiro atoms. The molecule has 88 heavy (non-hydrogen) atoms. The molecule has 9 atom stereocenters. The smallest absolute Gasteiger partial charge is 0.372 e. The number of hydrogen-bond acceptors (Lipinski definition) is 18. The summed E-state index contributed by atoms with van der Waals surface area (Å²) in [5, 5.41) is 13.1. The quantitative estimate of drug-likeness (QED) is 0.0921. The molecule has 9 heterocycles. The summed E-state index contributed by atoms with van der Waals surface area (Å²) in [6.45, 7) is 18.7. The summed E-state index contributed by atoms with van der Waals surface area (Å²) in [5.41, 5.74) is -1.24. The number of urea groups is 3. The summed E-state index contributed by atoms with van der Waals surface area (Å²) in [5.74, 6) is -7.21. The molecule has 6 fully saturated rings. The lowest BCUT2D eigenvalue weighted by atomic mass is 9.66. The Bertz CT molecular complexity index is 3570. The number of alkyl halides is 5. The SMILES string of the molecule is C[C@@H]1CN2c3ccc(C(=O)C(Cl)Cl)cc3CC3(C(=O)NC(=O)NC3=O)[C@H]2[C@H](C)O1.C[C@@H]1CN2c3ccc(C(=O)C(F)(F)F)cc3CC3(C(=O)NC(=O)NC3=O)[C@H]2[C@H](C)O1.[C-]#[N+]CC(=O)c1ccc2c(c1)CC1(C(=O)NC(=O)NC1=O)[C@H]1[C@H](C)O[C@H](C)CN21. The van der Waals surface area contributed by atoms with E-state index in [0.29, 0.717) is 35.5 Å². The van der Waals surface area contributed by atoms with Gasteiger partial charge in [-0.2, -0.15) is 13.2 Å². The van der Waals surface area contributed by atoms with Crippen molar-refractivity contribution in [2.24, 2.45) is 16.2 Å². The number of nitrogens with one attached hydrogen (secondary N) is 6. The van der Waals surface area contributed by atoms with Crippen LogP contribution in [0, 0.1) is 22.8 Å². The molecular formula is C58H57Cl2F3N10O15. The van der Waals surface area contributed by atoms with Crippen LogP contribution >= 0.6 is 23.2 Å². The van der Waals surface area contributed by atoms with Crippen LogP contribution in [0.5, 0.6) is 0 Å². The van der Waals surface area contributed by atoms with Gasteiger partial charge in [-0.05, 0) is 132 Å². The largest absolute Gasteiger partial charge is 0.454 e. The molecule has 12 amide bonds. The number of nitrogens with zero attached hydrogens (tertiary/aromatic N) is 4. The first-order chi connectivity index (χ1) is 41.4. The minimum Gasteiger partial charge on any atom is -0.372 e. The van der Waals surface area contributed by atoms with Crippen LogP contribution in [-0.2, 0) is 62.2 Å². The van der Waals surface area contributed by atoms with Gasteiger partial charge in [0.2, 0.25) is 41.2 Å². The van der Waals surface area contributed by atoms with E-state index in [1.54, 1.807) is 62.1 Å². The molecule has 0 radical (unpaired) electrons. The fraction of sp³-hybridized carbons (Fsp3) is 0.466. The standard InChI is InChI=1S/C20H20N4O5.C19H19Cl2N3O5.C19H18F3N3O5/c1-10-9-24-14-5-4-12(15(25)8-21-3)6-13(14)7-20(16(24)11(2)29-10)17(26)22-19(28)23-18(20)27;1-8-7-24-12-4-3-10(13(25)15(20)21)5-11(12)6-19(14(24)9(2)29-8)16(26)22-18(28)23-17(19)27;1-8-7-25-12-4-3-10(14(26)19(20,21)22)5-11(12)6-18(13(25)9(2)30-8)15(27)23-17(29)24-16(18)28/h4-6,10-11,16H,7-9H2,1-2H3,(H2,22,23,26,27,28);3-5,8-9,14-15H,6-7H2,1-2H3,(H2,22,23,26,27,28);3-5,8-9,13H,6-7H2,1-2H3,(H2,23,24,27,28,29)/t10-,11+,16-;8-,9+,14-;8-,9+,13-/m111/s1. The molecule has 0 bridgehead atoms. The number of Topliss-reactive ketones (excluding diaryl/α,β-unsaturated/α-hetero) is 3. The molecule has 30 heteroatoms. The third-order valence-electron chi connectivity index (χ3n) is 17.5. The summed E-state index contributed by atoms with van der Waals surface area (Å²) in [6, 6.07) is 8.96. The number of hydrogen-bond donors (Lipinski definition) is 6. The van der Waals surface area contributed by atoms with E-state index < -0.39 is 134 Å². The molecule has 6 saturated heterocycles. The highest BCUT2D eigenvalue weighted by molar-refractivity contribution is 6.55. The lowest BCUT2D eigenvalue weighted by Crippen LogP contribution is -2.75. The van der Waals surface area contributed by atoms with Crippen LogP contribution in [0.25, 0.3) is 4.85 Å². The van der Waals surface area contributed by atoms with Crippen LogP contribution in [0.3, 0.4) is 0 Å². The second-order valence-electron chi connectivity index (χ2n) is 23.2. The third kappa shape index (κ3) is 10.5. The van der Waals surface area contributed by atoms with Crippen molar-refractivity contribution < 1.29 is 84.9 Å². The molecular weight excluding hydrogens is 1200 g/mol. The molecule has 12 rings (SSSR count). The highest BCUT2D eigenvalue weighted by Gasteiger charge is 2.66. The summed E-state index contributed by atoms with van der Waals surface area (Å²) in [7, 11) is 0. The number of carbonyl (C=O) groups is 12. The van der Waals surface area contributed by atoms with E-state index in [1.165, 1.54) is 6.07 Å². The third-order valence-corrected chi connectivity index (χ3v) is 17.9. The second kappa shape index (κ2) is 23.0. The maximum Gasteiger partial charge on any atom is 0.454 e. The number of amides is 12. The molecule has 9 aliphatic heterocycles. The summed E-state index contributed by atoms with van der Waals surface area (Å²) in [6.07, 6.45) is -7.36. The number of benzene rings is 3. The maximum atomic E-state index is 13.0. The van der Waals surface area contributed by atoms with Gasteiger partial charge in [-0.25, -0.2) is 21.0 Å². The van der Waals surface area contributed by atoms with Gasteiger partial charge in [-0.15, -0.1) is 0 Å². The van der Waals surface area contributed by atoms with E-state index in [2.05, 4.69) is 36.7 Å². The molecule has 3 aromatic rings. The van der Waals surface area contributed by atoms with Crippen LogP contribution in [0.15, 0.2) is 54.6 Å². The molecule has 0 aromatic heterocycles. The average molecular weight is 1260 g/mol. The number of ketones is 3. The minimum absolute atomic E-state index is 0.00683. The molecule has 0 unspecified atom stereocenters. The van der Waals surface area contributed by atoms with Crippen molar-refractivity contribution in [3.05, 3.63) is 99.4 Å². The predicted molar refractivity (Wildman–Crippen MR) is 302 cm³/mol. The van der Waals surface area contributed by atoms with Gasteiger partial charge in [0.15, 0.2) is 26.9 Å². The summed E-state index contributed by atoms with van der Waals surface area (Å²) in [4.78, 5) is 157. The number of ether oxygens (including phenoxy) is 3. The van der Waals surface area contributed by atoms with Crippen LogP contribution < -0.4 is 46.6 Å². The van der Waals surface area contributed by atoms with Crippen molar-refractivity contribution in [3.63, 3.8) is 0 Å².